The standard InChI is InChI=1S/C15H23BrN2O3/c1-4-5-10(2)18-14(19)9-21-15-12(16)6-11(8-17)7-13(15)20-3/h6-7,10H,4-5,8-9,17H2,1-3H3,(H,18,19). The van der Waals surface area contributed by atoms with Crippen LogP contribution < -0.4 is 20.5 Å². The van der Waals surface area contributed by atoms with Gasteiger partial charge in [-0.1, -0.05) is 13.3 Å². The van der Waals surface area contributed by atoms with Crippen LogP contribution in [0.25, 0.3) is 0 Å². The number of nitrogens with one attached hydrogen (secondary N) is 1. The Kier molecular flexibility index (Phi) is 7.53. The minimum absolute atomic E-state index is 0.0506. The number of hydrogen-bond donors (Lipinski definition) is 2. The summed E-state index contributed by atoms with van der Waals surface area (Å²) < 4.78 is 11.6. The molecule has 0 radical (unpaired) electrons. The second-order valence-corrected chi connectivity index (χ2v) is 5.71. The summed E-state index contributed by atoms with van der Waals surface area (Å²) in [7, 11) is 1.55. The Labute approximate surface area is 134 Å². The van der Waals surface area contributed by atoms with Crippen LogP contribution in [0.3, 0.4) is 0 Å². The molecule has 6 heteroatoms. The van der Waals surface area contributed by atoms with Crippen LogP contribution in [-0.4, -0.2) is 25.7 Å². The molecule has 1 aromatic carbocycles. The maximum Gasteiger partial charge on any atom is 0.258 e. The SMILES string of the molecule is CCCC(C)NC(=O)COc1c(Br)cc(CN)cc1OC. The van der Waals surface area contributed by atoms with Gasteiger partial charge in [-0.15, -0.1) is 0 Å². The van der Waals surface area contributed by atoms with Gasteiger partial charge in [0, 0.05) is 12.6 Å². The van der Waals surface area contributed by atoms with Gasteiger partial charge < -0.3 is 20.5 Å². The molecule has 3 N–H and O–H groups in total. The molecular weight excluding hydrogens is 336 g/mol. The molecule has 0 spiro atoms. The van der Waals surface area contributed by atoms with Crippen molar-refractivity contribution in [1.29, 1.82) is 0 Å². The normalized spacial score (nSPS) is 11.9. The van der Waals surface area contributed by atoms with E-state index in [1.807, 2.05) is 13.0 Å². The van der Waals surface area contributed by atoms with Gasteiger partial charge in [0.1, 0.15) is 0 Å². The first kappa shape index (κ1) is 17.8. The average Bonchev–Trinajstić information content (AvgIpc) is 2.45. The molecule has 1 atom stereocenters. The van der Waals surface area contributed by atoms with E-state index < -0.39 is 0 Å². The van der Waals surface area contributed by atoms with Crippen molar-refractivity contribution in [3.63, 3.8) is 0 Å². The number of rotatable bonds is 8. The molecule has 0 saturated carbocycles. The van der Waals surface area contributed by atoms with Crippen molar-refractivity contribution in [1.82, 2.24) is 5.32 Å². The third-order valence-corrected chi connectivity index (χ3v) is 3.59. The predicted molar refractivity (Wildman–Crippen MR) is 86.6 cm³/mol. The number of ether oxygens (including phenoxy) is 2. The van der Waals surface area contributed by atoms with Gasteiger partial charge >= 0.3 is 0 Å². The molecule has 0 bridgehead atoms. The quantitative estimate of drug-likeness (QED) is 0.748. The van der Waals surface area contributed by atoms with Gasteiger partial charge in [0.15, 0.2) is 18.1 Å². The molecule has 5 nitrogen and oxygen atoms in total. The van der Waals surface area contributed by atoms with Crippen LogP contribution in [0, 0.1) is 0 Å². The van der Waals surface area contributed by atoms with Gasteiger partial charge in [-0.25, -0.2) is 0 Å². The number of methoxy groups -OCH3 is 1. The van der Waals surface area contributed by atoms with Gasteiger partial charge in [-0.2, -0.15) is 0 Å². The zero-order valence-corrected chi connectivity index (χ0v) is 14.3. The molecule has 0 fully saturated rings. The third kappa shape index (κ3) is 5.55. The summed E-state index contributed by atoms with van der Waals surface area (Å²) in [6, 6.07) is 3.81. The van der Waals surface area contributed by atoms with Gasteiger partial charge in [-0.3, -0.25) is 4.79 Å². The number of carbonyl (C=O) groups is 1. The Bertz CT molecular complexity index is 480. The Morgan fingerprint density at radius 1 is 1.48 bits per heavy atom. The van der Waals surface area contributed by atoms with Crippen LogP contribution in [0.1, 0.15) is 32.3 Å². The van der Waals surface area contributed by atoms with E-state index in [2.05, 4.69) is 28.2 Å². The lowest BCUT2D eigenvalue weighted by Crippen LogP contribution is -2.36. The predicted octanol–water partition coefficient (Wildman–Crippen LogP) is 2.60. The number of benzene rings is 1. The molecule has 0 aromatic heterocycles. The van der Waals surface area contributed by atoms with Crippen molar-refractivity contribution in [2.75, 3.05) is 13.7 Å². The number of hydrogen-bond acceptors (Lipinski definition) is 4. The summed E-state index contributed by atoms with van der Waals surface area (Å²) in [5.41, 5.74) is 6.54. The molecule has 0 aliphatic heterocycles. The van der Waals surface area contributed by atoms with Crippen LogP contribution in [0.5, 0.6) is 11.5 Å². The average molecular weight is 359 g/mol. The molecule has 1 aromatic rings. The highest BCUT2D eigenvalue weighted by molar-refractivity contribution is 9.10. The zero-order chi connectivity index (χ0) is 15.8. The van der Waals surface area contributed by atoms with E-state index in [1.54, 1.807) is 13.2 Å². The van der Waals surface area contributed by atoms with Crippen LogP contribution >= 0.6 is 15.9 Å². The number of amides is 1. The molecule has 0 aliphatic carbocycles. The highest BCUT2D eigenvalue weighted by Gasteiger charge is 2.14. The van der Waals surface area contributed by atoms with Gasteiger partial charge in [0.05, 0.1) is 11.6 Å². The molecule has 21 heavy (non-hydrogen) atoms. The van der Waals surface area contributed by atoms with Crippen molar-refractivity contribution in [3.05, 3.63) is 22.2 Å². The van der Waals surface area contributed by atoms with Crippen molar-refractivity contribution < 1.29 is 14.3 Å². The first-order valence-corrected chi connectivity index (χ1v) is 7.79. The Morgan fingerprint density at radius 3 is 2.76 bits per heavy atom. The monoisotopic (exact) mass is 358 g/mol. The Morgan fingerprint density at radius 2 is 2.19 bits per heavy atom. The smallest absolute Gasteiger partial charge is 0.258 e. The lowest BCUT2D eigenvalue weighted by Gasteiger charge is -2.16. The fourth-order valence-electron chi connectivity index (χ4n) is 1.99. The summed E-state index contributed by atoms with van der Waals surface area (Å²) in [6.45, 7) is 4.42. The second kappa shape index (κ2) is 8.89. The van der Waals surface area contributed by atoms with E-state index in [1.165, 1.54) is 0 Å². The van der Waals surface area contributed by atoms with Gasteiger partial charge in [-0.05, 0) is 47.0 Å². The number of carbonyl (C=O) groups excluding carboxylic acids is 1. The van der Waals surface area contributed by atoms with Crippen LogP contribution in [0.2, 0.25) is 0 Å². The molecule has 1 unspecified atom stereocenters. The number of halogens is 1. The molecule has 118 valence electrons. The van der Waals surface area contributed by atoms with Gasteiger partial charge in [0.25, 0.3) is 5.91 Å². The van der Waals surface area contributed by atoms with Crippen molar-refractivity contribution in [2.24, 2.45) is 5.73 Å². The molecular formula is C15H23BrN2O3. The van der Waals surface area contributed by atoms with Gasteiger partial charge in [0.2, 0.25) is 0 Å². The Hall–Kier alpha value is -1.27. The fourth-order valence-corrected chi connectivity index (χ4v) is 2.59. The summed E-state index contributed by atoms with van der Waals surface area (Å²) in [6.07, 6.45) is 1.98. The van der Waals surface area contributed by atoms with E-state index in [0.717, 1.165) is 22.9 Å². The summed E-state index contributed by atoms with van der Waals surface area (Å²) >= 11 is 3.41. The highest BCUT2D eigenvalue weighted by Crippen LogP contribution is 2.36. The van der Waals surface area contributed by atoms with Crippen LogP contribution in [0.4, 0.5) is 0 Å². The summed E-state index contributed by atoms with van der Waals surface area (Å²) in [4.78, 5) is 11.8. The molecule has 0 saturated heterocycles. The van der Waals surface area contributed by atoms with Crippen molar-refractivity contribution in [2.45, 2.75) is 39.3 Å². The maximum absolute atomic E-state index is 11.8. The zero-order valence-electron chi connectivity index (χ0n) is 12.7. The molecule has 0 heterocycles. The largest absolute Gasteiger partial charge is 0.493 e. The lowest BCUT2D eigenvalue weighted by atomic mass is 10.2. The fraction of sp³-hybridized carbons (Fsp3) is 0.533. The van der Waals surface area contributed by atoms with E-state index in [-0.39, 0.29) is 18.6 Å². The Balaban J connectivity index is 2.68. The minimum atomic E-state index is -0.146. The first-order chi connectivity index (χ1) is 10.0. The van der Waals surface area contributed by atoms with E-state index in [9.17, 15) is 4.79 Å². The molecule has 1 rings (SSSR count). The van der Waals surface area contributed by atoms with Crippen molar-refractivity contribution in [3.8, 4) is 11.5 Å². The maximum atomic E-state index is 11.8. The third-order valence-electron chi connectivity index (χ3n) is 3.00. The van der Waals surface area contributed by atoms with E-state index >= 15 is 0 Å². The highest BCUT2D eigenvalue weighted by atomic mass is 79.9. The van der Waals surface area contributed by atoms with E-state index in [0.29, 0.717) is 18.0 Å². The van der Waals surface area contributed by atoms with Crippen LogP contribution in [-0.2, 0) is 11.3 Å². The number of nitrogens with two attached hydrogens (primary N) is 1. The van der Waals surface area contributed by atoms with Crippen LogP contribution in [0.15, 0.2) is 16.6 Å². The lowest BCUT2D eigenvalue weighted by molar-refractivity contribution is -0.123. The minimum Gasteiger partial charge on any atom is -0.493 e. The summed E-state index contributed by atoms with van der Waals surface area (Å²) in [5.74, 6) is 0.917. The second-order valence-electron chi connectivity index (χ2n) is 4.86. The topological polar surface area (TPSA) is 73.6 Å². The van der Waals surface area contributed by atoms with E-state index in [4.69, 9.17) is 15.2 Å². The summed E-state index contributed by atoms with van der Waals surface area (Å²) in [5, 5.41) is 2.89. The first-order valence-electron chi connectivity index (χ1n) is 7.00. The molecule has 1 amide bonds. The molecule has 0 aliphatic rings. The van der Waals surface area contributed by atoms with Crippen molar-refractivity contribution >= 4 is 21.8 Å².